The van der Waals surface area contributed by atoms with Crippen LogP contribution in [0.3, 0.4) is 0 Å². The lowest BCUT2D eigenvalue weighted by Gasteiger charge is -2.54. The molecule has 2 aliphatic carbocycles. The fourth-order valence-corrected chi connectivity index (χ4v) is 6.72. The first kappa shape index (κ1) is 23.3. The van der Waals surface area contributed by atoms with E-state index in [9.17, 15) is 4.79 Å². The number of amides is 1. The topological polar surface area (TPSA) is 41.1 Å². The van der Waals surface area contributed by atoms with Gasteiger partial charge in [-0.2, -0.15) is 0 Å². The Kier molecular flexibility index (Phi) is 7.66. The van der Waals surface area contributed by atoms with Crippen LogP contribution >= 0.6 is 0 Å². The van der Waals surface area contributed by atoms with Gasteiger partial charge in [-0.05, 0) is 81.2 Å². The molecule has 1 aromatic carbocycles. The number of benzene rings is 1. The van der Waals surface area contributed by atoms with Crippen LogP contribution in [0.1, 0.15) is 91.5 Å². The van der Waals surface area contributed by atoms with Gasteiger partial charge in [0.15, 0.2) is 0 Å². The van der Waals surface area contributed by atoms with Gasteiger partial charge in [0.1, 0.15) is 0 Å². The van der Waals surface area contributed by atoms with Crippen LogP contribution in [0.25, 0.3) is 0 Å². The standard InChI is InChI=1S/C24H36N2O.C3H8/c1-17-11-19-14-23(3,22(27)26-21-9-10-25-18(2)12-21)16-24(13-17,15-19)20-7-5-4-6-8-20;1-3-2/h4-8,17-19,21,25H,9-16H2,1-3H3,(H,26,27);3H2,1-2H3. The van der Waals surface area contributed by atoms with Gasteiger partial charge in [-0.15, -0.1) is 0 Å². The smallest absolute Gasteiger partial charge is 0.226 e. The summed E-state index contributed by atoms with van der Waals surface area (Å²) in [6.07, 6.45) is 9.16. The normalized spacial score (nSPS) is 38.2. The van der Waals surface area contributed by atoms with Crippen LogP contribution in [0, 0.1) is 17.3 Å². The number of rotatable bonds is 3. The summed E-state index contributed by atoms with van der Waals surface area (Å²) >= 11 is 0. The second-order valence-electron chi connectivity index (χ2n) is 11.0. The van der Waals surface area contributed by atoms with Crippen molar-refractivity contribution >= 4 is 5.91 Å². The molecular weight excluding hydrogens is 368 g/mol. The highest BCUT2D eigenvalue weighted by Crippen LogP contribution is 2.58. The Balaban J connectivity index is 0.000000806. The summed E-state index contributed by atoms with van der Waals surface area (Å²) in [5, 5.41) is 6.94. The zero-order chi connectivity index (χ0) is 21.8. The zero-order valence-corrected chi connectivity index (χ0v) is 20.0. The van der Waals surface area contributed by atoms with Crippen LogP contribution in [-0.2, 0) is 10.2 Å². The quantitative estimate of drug-likeness (QED) is 0.655. The fraction of sp³-hybridized carbons (Fsp3) is 0.741. The lowest BCUT2D eigenvalue weighted by atomic mass is 9.50. The average molecular weight is 413 g/mol. The molecule has 0 radical (unpaired) electrons. The second kappa shape index (κ2) is 9.85. The van der Waals surface area contributed by atoms with Crippen LogP contribution in [0.5, 0.6) is 0 Å². The Bertz CT molecular complexity index is 685. The van der Waals surface area contributed by atoms with Crippen LogP contribution < -0.4 is 10.6 Å². The van der Waals surface area contributed by atoms with E-state index < -0.39 is 0 Å². The minimum atomic E-state index is -0.243. The minimum absolute atomic E-state index is 0.176. The lowest BCUT2D eigenvalue weighted by molar-refractivity contribution is -0.137. The van der Waals surface area contributed by atoms with Crippen LogP contribution in [-0.4, -0.2) is 24.5 Å². The monoisotopic (exact) mass is 412 g/mol. The number of piperidine rings is 1. The molecule has 3 fully saturated rings. The molecule has 4 rings (SSSR count). The molecule has 1 aromatic rings. The number of carbonyl (C=O) groups excluding carboxylic acids is 1. The maximum atomic E-state index is 13.4. The predicted octanol–water partition coefficient (Wildman–Crippen LogP) is 5.83. The maximum absolute atomic E-state index is 13.4. The van der Waals surface area contributed by atoms with Crippen molar-refractivity contribution in [3.8, 4) is 0 Å². The van der Waals surface area contributed by atoms with Gasteiger partial charge in [-0.25, -0.2) is 0 Å². The summed E-state index contributed by atoms with van der Waals surface area (Å²) in [7, 11) is 0. The maximum Gasteiger partial charge on any atom is 0.226 e. The van der Waals surface area contributed by atoms with Gasteiger partial charge in [0.05, 0.1) is 0 Å². The summed E-state index contributed by atoms with van der Waals surface area (Å²) in [6, 6.07) is 11.9. The summed E-state index contributed by atoms with van der Waals surface area (Å²) < 4.78 is 0. The SMILES string of the molecule is CC1CC2CC(C)(C(=O)NC3CCNC(C)C3)CC(c3ccccc3)(C1)C2.CCC. The molecular formula is C27H44N2O. The molecule has 30 heavy (non-hydrogen) atoms. The highest BCUT2D eigenvalue weighted by atomic mass is 16.2. The van der Waals surface area contributed by atoms with Crippen molar-refractivity contribution in [1.29, 1.82) is 0 Å². The number of hydrogen-bond donors (Lipinski definition) is 2. The van der Waals surface area contributed by atoms with Crippen molar-refractivity contribution in [1.82, 2.24) is 10.6 Å². The Labute approximate surface area is 184 Å². The molecule has 1 saturated heterocycles. The van der Waals surface area contributed by atoms with Crippen molar-refractivity contribution in [3.05, 3.63) is 35.9 Å². The zero-order valence-electron chi connectivity index (χ0n) is 20.0. The highest BCUT2D eigenvalue weighted by molar-refractivity contribution is 5.83. The third-order valence-corrected chi connectivity index (χ3v) is 7.52. The van der Waals surface area contributed by atoms with E-state index in [-0.39, 0.29) is 10.8 Å². The molecule has 2 saturated carbocycles. The molecule has 1 amide bonds. The first-order chi connectivity index (χ1) is 14.3. The van der Waals surface area contributed by atoms with Gasteiger partial charge in [0, 0.05) is 17.5 Å². The summed E-state index contributed by atoms with van der Waals surface area (Å²) in [5.74, 6) is 1.73. The first-order valence-electron chi connectivity index (χ1n) is 12.4. The average Bonchev–Trinajstić information content (AvgIpc) is 2.68. The van der Waals surface area contributed by atoms with E-state index in [1.54, 1.807) is 0 Å². The van der Waals surface area contributed by atoms with E-state index in [4.69, 9.17) is 0 Å². The van der Waals surface area contributed by atoms with E-state index in [1.807, 2.05) is 0 Å². The fourth-order valence-electron chi connectivity index (χ4n) is 6.72. The van der Waals surface area contributed by atoms with Gasteiger partial charge < -0.3 is 10.6 Å². The number of hydrogen-bond acceptors (Lipinski definition) is 2. The predicted molar refractivity (Wildman–Crippen MR) is 127 cm³/mol. The van der Waals surface area contributed by atoms with Gasteiger partial charge in [-0.1, -0.05) is 64.4 Å². The van der Waals surface area contributed by atoms with Crippen molar-refractivity contribution < 1.29 is 4.79 Å². The van der Waals surface area contributed by atoms with E-state index in [0.717, 1.165) is 38.1 Å². The summed E-state index contributed by atoms with van der Waals surface area (Å²) in [5.41, 5.74) is 1.39. The molecule has 3 nitrogen and oxygen atoms in total. The molecule has 0 aromatic heterocycles. The number of fused-ring (bicyclic) bond motifs is 2. The first-order valence-corrected chi connectivity index (χ1v) is 12.4. The molecule has 6 unspecified atom stereocenters. The van der Waals surface area contributed by atoms with Gasteiger partial charge >= 0.3 is 0 Å². The number of nitrogens with one attached hydrogen (secondary N) is 2. The molecule has 2 N–H and O–H groups in total. The van der Waals surface area contributed by atoms with E-state index in [2.05, 4.69) is 75.6 Å². The van der Waals surface area contributed by atoms with Crippen molar-refractivity contribution in [2.75, 3.05) is 6.54 Å². The van der Waals surface area contributed by atoms with E-state index >= 15 is 0 Å². The molecule has 3 aliphatic rings. The number of carbonyl (C=O) groups is 1. The van der Waals surface area contributed by atoms with Gasteiger partial charge in [0.25, 0.3) is 0 Å². The molecule has 2 bridgehead atoms. The van der Waals surface area contributed by atoms with Crippen LogP contribution in [0.2, 0.25) is 0 Å². The Morgan fingerprint density at radius 1 is 1.10 bits per heavy atom. The molecule has 0 spiro atoms. The summed E-state index contributed by atoms with van der Waals surface area (Å²) in [4.78, 5) is 13.4. The highest BCUT2D eigenvalue weighted by Gasteiger charge is 2.53. The largest absolute Gasteiger partial charge is 0.353 e. The molecule has 1 aliphatic heterocycles. The van der Waals surface area contributed by atoms with Crippen LogP contribution in [0.4, 0.5) is 0 Å². The molecule has 168 valence electrons. The van der Waals surface area contributed by atoms with Crippen LogP contribution in [0.15, 0.2) is 30.3 Å². The van der Waals surface area contributed by atoms with Gasteiger partial charge in [0.2, 0.25) is 5.91 Å². The third kappa shape index (κ3) is 5.28. The Hall–Kier alpha value is -1.35. The van der Waals surface area contributed by atoms with Crippen molar-refractivity contribution in [2.24, 2.45) is 17.3 Å². The lowest BCUT2D eigenvalue weighted by Crippen LogP contribution is -2.55. The van der Waals surface area contributed by atoms with Crippen molar-refractivity contribution in [3.63, 3.8) is 0 Å². The molecule has 6 atom stereocenters. The Morgan fingerprint density at radius 2 is 1.80 bits per heavy atom. The van der Waals surface area contributed by atoms with Gasteiger partial charge in [-0.3, -0.25) is 4.79 Å². The van der Waals surface area contributed by atoms with Crippen molar-refractivity contribution in [2.45, 2.75) is 103 Å². The summed E-state index contributed by atoms with van der Waals surface area (Å²) in [6.45, 7) is 12.1. The van der Waals surface area contributed by atoms with E-state index in [1.165, 1.54) is 31.2 Å². The second-order valence-corrected chi connectivity index (χ2v) is 11.0. The molecule has 3 heteroatoms. The third-order valence-electron chi connectivity index (χ3n) is 7.52. The van der Waals surface area contributed by atoms with E-state index in [0.29, 0.717) is 23.9 Å². The molecule has 1 heterocycles. The minimum Gasteiger partial charge on any atom is -0.353 e. The Morgan fingerprint density at radius 3 is 2.47 bits per heavy atom.